The van der Waals surface area contributed by atoms with E-state index in [-0.39, 0.29) is 6.04 Å². The zero-order valence-corrected chi connectivity index (χ0v) is 14.1. The van der Waals surface area contributed by atoms with Gasteiger partial charge in [0.15, 0.2) is 11.5 Å². The molecule has 6 heteroatoms. The molecule has 0 saturated heterocycles. The molecule has 0 radical (unpaired) electrons. The molecule has 2 rings (SSSR count). The molecule has 1 unspecified atom stereocenters. The minimum absolute atomic E-state index is 0.284. The van der Waals surface area contributed by atoms with Crippen LogP contribution >= 0.6 is 15.9 Å². The fraction of sp³-hybridized carbons (Fsp3) is 0.400. The average molecular weight is 354 g/mol. The molecule has 0 aliphatic heterocycles. The van der Waals surface area contributed by atoms with Crippen molar-refractivity contribution in [1.29, 1.82) is 0 Å². The number of nitrogens with two attached hydrogens (primary N) is 1. The normalized spacial score (nSPS) is 12.2. The summed E-state index contributed by atoms with van der Waals surface area (Å²) >= 11 is 3.53. The molecule has 5 nitrogen and oxygen atoms in total. The van der Waals surface area contributed by atoms with Gasteiger partial charge in [-0.15, -0.1) is 0 Å². The highest BCUT2D eigenvalue weighted by atomic mass is 79.9. The number of aromatic nitrogens is 2. The summed E-state index contributed by atoms with van der Waals surface area (Å²) in [7, 11) is 3.23. The van der Waals surface area contributed by atoms with Crippen molar-refractivity contribution >= 4 is 15.9 Å². The molecule has 114 valence electrons. The van der Waals surface area contributed by atoms with Crippen LogP contribution in [0, 0.1) is 0 Å². The van der Waals surface area contributed by atoms with Crippen LogP contribution in [0.15, 0.2) is 28.9 Å². The number of hydrogen-bond donors (Lipinski definition) is 1. The third-order valence-electron chi connectivity index (χ3n) is 3.33. The van der Waals surface area contributed by atoms with Gasteiger partial charge in [0.25, 0.3) is 0 Å². The largest absolute Gasteiger partial charge is 0.493 e. The van der Waals surface area contributed by atoms with Crippen molar-refractivity contribution in [1.82, 2.24) is 9.78 Å². The Kier molecular flexibility index (Phi) is 5.25. The molecule has 2 aromatic rings. The summed E-state index contributed by atoms with van der Waals surface area (Å²) in [5.41, 5.74) is 8.33. The van der Waals surface area contributed by atoms with Crippen molar-refractivity contribution in [2.45, 2.75) is 25.9 Å². The summed E-state index contributed by atoms with van der Waals surface area (Å²) < 4.78 is 13.4. The van der Waals surface area contributed by atoms with Crippen LogP contribution in [0.5, 0.6) is 11.5 Å². The second kappa shape index (κ2) is 6.95. The van der Waals surface area contributed by atoms with Gasteiger partial charge in [0.1, 0.15) is 0 Å². The van der Waals surface area contributed by atoms with Gasteiger partial charge >= 0.3 is 0 Å². The van der Waals surface area contributed by atoms with Gasteiger partial charge in [-0.2, -0.15) is 5.10 Å². The van der Waals surface area contributed by atoms with Crippen LogP contribution in [0.25, 0.3) is 0 Å². The Morgan fingerprint density at radius 2 is 2.00 bits per heavy atom. The van der Waals surface area contributed by atoms with E-state index in [1.54, 1.807) is 20.4 Å². The summed E-state index contributed by atoms with van der Waals surface area (Å²) in [6.07, 6.45) is 2.78. The lowest BCUT2D eigenvalue weighted by Crippen LogP contribution is -2.18. The van der Waals surface area contributed by atoms with Gasteiger partial charge < -0.3 is 15.2 Å². The van der Waals surface area contributed by atoms with Crippen molar-refractivity contribution in [2.24, 2.45) is 5.73 Å². The van der Waals surface area contributed by atoms with Crippen molar-refractivity contribution < 1.29 is 9.47 Å². The number of benzene rings is 1. The molecule has 1 atom stereocenters. The maximum absolute atomic E-state index is 6.42. The van der Waals surface area contributed by atoms with Crippen LogP contribution in [0.3, 0.4) is 0 Å². The highest BCUT2D eigenvalue weighted by molar-refractivity contribution is 9.10. The molecule has 0 saturated carbocycles. The van der Waals surface area contributed by atoms with Gasteiger partial charge in [-0.3, -0.25) is 4.68 Å². The SMILES string of the molecule is CCCn1ncc(Br)c1C(N)c1ccc(OC)c(OC)c1. The highest BCUT2D eigenvalue weighted by Gasteiger charge is 2.19. The lowest BCUT2D eigenvalue weighted by atomic mass is 10.0. The molecule has 1 aromatic carbocycles. The number of hydrogen-bond acceptors (Lipinski definition) is 4. The number of halogens is 1. The topological polar surface area (TPSA) is 62.3 Å². The van der Waals surface area contributed by atoms with Crippen LogP contribution in [0.1, 0.15) is 30.6 Å². The second-order valence-electron chi connectivity index (χ2n) is 4.69. The minimum atomic E-state index is -0.284. The molecule has 0 aliphatic rings. The first-order valence-corrected chi connectivity index (χ1v) is 7.60. The van der Waals surface area contributed by atoms with Gasteiger partial charge in [0.05, 0.1) is 36.6 Å². The highest BCUT2D eigenvalue weighted by Crippen LogP contribution is 2.33. The molecular weight excluding hydrogens is 334 g/mol. The minimum Gasteiger partial charge on any atom is -0.493 e. The summed E-state index contributed by atoms with van der Waals surface area (Å²) in [5.74, 6) is 1.36. The zero-order chi connectivity index (χ0) is 15.4. The summed E-state index contributed by atoms with van der Waals surface area (Å²) in [6, 6.07) is 5.43. The lowest BCUT2D eigenvalue weighted by Gasteiger charge is -2.17. The van der Waals surface area contributed by atoms with Gasteiger partial charge in [0, 0.05) is 6.54 Å². The molecular formula is C15H20BrN3O2. The maximum Gasteiger partial charge on any atom is 0.161 e. The first-order valence-electron chi connectivity index (χ1n) is 6.81. The Labute approximate surface area is 133 Å². The van der Waals surface area contributed by atoms with Gasteiger partial charge in [-0.1, -0.05) is 13.0 Å². The Balaban J connectivity index is 2.40. The van der Waals surface area contributed by atoms with E-state index in [9.17, 15) is 0 Å². The van der Waals surface area contributed by atoms with E-state index in [0.29, 0.717) is 11.5 Å². The van der Waals surface area contributed by atoms with Gasteiger partial charge in [-0.25, -0.2) is 0 Å². The fourth-order valence-corrected chi connectivity index (χ4v) is 2.82. The number of rotatable bonds is 6. The number of nitrogens with zero attached hydrogens (tertiary/aromatic N) is 2. The Morgan fingerprint density at radius 1 is 1.29 bits per heavy atom. The number of ether oxygens (including phenoxy) is 2. The molecule has 0 fully saturated rings. The van der Waals surface area contributed by atoms with Crippen LogP contribution in [0.2, 0.25) is 0 Å². The number of aryl methyl sites for hydroxylation is 1. The van der Waals surface area contributed by atoms with E-state index in [1.165, 1.54) is 0 Å². The standard InChI is InChI=1S/C15H20BrN3O2/c1-4-7-19-15(11(16)9-18-19)14(17)10-5-6-12(20-2)13(8-10)21-3/h5-6,8-9,14H,4,7,17H2,1-3H3. The van der Waals surface area contributed by atoms with Crippen molar-refractivity contribution in [2.75, 3.05) is 14.2 Å². The molecule has 0 aliphatic carbocycles. The van der Waals surface area contributed by atoms with E-state index in [4.69, 9.17) is 15.2 Å². The smallest absolute Gasteiger partial charge is 0.161 e. The van der Waals surface area contributed by atoms with Gasteiger partial charge in [-0.05, 0) is 40.0 Å². The van der Waals surface area contributed by atoms with E-state index in [1.807, 2.05) is 22.9 Å². The molecule has 0 amide bonds. The first-order chi connectivity index (χ1) is 10.1. The Bertz CT molecular complexity index is 613. The van der Waals surface area contributed by atoms with E-state index < -0.39 is 0 Å². The fourth-order valence-electron chi connectivity index (χ4n) is 2.28. The molecule has 0 bridgehead atoms. The van der Waals surface area contributed by atoms with E-state index in [2.05, 4.69) is 28.0 Å². The van der Waals surface area contributed by atoms with Crippen LogP contribution in [-0.4, -0.2) is 24.0 Å². The summed E-state index contributed by atoms with van der Waals surface area (Å²) in [4.78, 5) is 0. The van der Waals surface area contributed by atoms with Crippen molar-refractivity contribution in [3.8, 4) is 11.5 Å². The van der Waals surface area contributed by atoms with Crippen LogP contribution in [0.4, 0.5) is 0 Å². The lowest BCUT2D eigenvalue weighted by molar-refractivity contribution is 0.354. The predicted octanol–water partition coefficient (Wildman–Crippen LogP) is 3.12. The van der Waals surface area contributed by atoms with Crippen molar-refractivity contribution in [3.05, 3.63) is 40.1 Å². The van der Waals surface area contributed by atoms with E-state index in [0.717, 1.165) is 28.7 Å². The third kappa shape index (κ3) is 3.22. The monoisotopic (exact) mass is 353 g/mol. The summed E-state index contributed by atoms with van der Waals surface area (Å²) in [6.45, 7) is 2.95. The van der Waals surface area contributed by atoms with Crippen molar-refractivity contribution in [3.63, 3.8) is 0 Å². The number of methoxy groups -OCH3 is 2. The van der Waals surface area contributed by atoms with Crippen LogP contribution < -0.4 is 15.2 Å². The Morgan fingerprint density at radius 3 is 2.62 bits per heavy atom. The molecule has 0 spiro atoms. The van der Waals surface area contributed by atoms with E-state index >= 15 is 0 Å². The molecule has 1 heterocycles. The van der Waals surface area contributed by atoms with Crippen LogP contribution in [-0.2, 0) is 6.54 Å². The summed E-state index contributed by atoms with van der Waals surface area (Å²) in [5, 5.41) is 4.36. The predicted molar refractivity (Wildman–Crippen MR) is 85.8 cm³/mol. The molecule has 21 heavy (non-hydrogen) atoms. The quantitative estimate of drug-likeness (QED) is 0.866. The Hall–Kier alpha value is -1.53. The zero-order valence-electron chi connectivity index (χ0n) is 12.5. The third-order valence-corrected chi connectivity index (χ3v) is 3.94. The average Bonchev–Trinajstić information content (AvgIpc) is 2.87. The molecule has 1 aromatic heterocycles. The van der Waals surface area contributed by atoms with Gasteiger partial charge in [0.2, 0.25) is 0 Å². The maximum atomic E-state index is 6.42. The second-order valence-corrected chi connectivity index (χ2v) is 5.55. The molecule has 2 N–H and O–H groups in total. The first kappa shape index (κ1) is 15.9.